The Morgan fingerprint density at radius 1 is 0.438 bits per heavy atom. The molecule has 0 amide bonds. The molecule has 1 atom stereocenters. The van der Waals surface area contributed by atoms with Crippen LogP contribution >= 0.6 is 22.7 Å². The lowest BCUT2D eigenvalue weighted by Gasteiger charge is -2.17. The molecule has 7 aromatic carbocycles. The van der Waals surface area contributed by atoms with Gasteiger partial charge >= 0.3 is 0 Å². The van der Waals surface area contributed by atoms with E-state index in [2.05, 4.69) is 169 Å². The van der Waals surface area contributed by atoms with Gasteiger partial charge in [-0.2, -0.15) is 0 Å². The summed E-state index contributed by atoms with van der Waals surface area (Å²) >= 11 is 3.62. The highest BCUT2D eigenvalue weighted by Gasteiger charge is 2.21. The molecule has 10 heteroatoms. The van der Waals surface area contributed by atoms with Gasteiger partial charge < -0.3 is 23.3 Å². The van der Waals surface area contributed by atoms with Crippen LogP contribution in [0.1, 0.15) is 159 Å². The number of nitrogens with one attached hydrogen (secondary N) is 1. The molecule has 14 rings (SSSR count). The third-order valence-electron chi connectivity index (χ3n) is 13.7. The van der Waals surface area contributed by atoms with Gasteiger partial charge in [0.2, 0.25) is 0 Å². The van der Waals surface area contributed by atoms with E-state index in [4.69, 9.17) is 8.83 Å². The van der Waals surface area contributed by atoms with E-state index in [0.717, 1.165) is 50.2 Å². The van der Waals surface area contributed by atoms with E-state index >= 15 is 0 Å². The zero-order valence-electron chi connectivity index (χ0n) is 59.3. The lowest BCUT2D eigenvalue weighted by molar-refractivity contribution is 0.561. The second-order valence-corrected chi connectivity index (χ2v) is 21.4. The quantitative estimate of drug-likeness (QED) is 0.163. The maximum Gasteiger partial charge on any atom is 0.192 e. The minimum atomic E-state index is 0.674. The molecule has 89 heavy (non-hydrogen) atoms. The maximum absolute atomic E-state index is 5.50. The van der Waals surface area contributed by atoms with Crippen molar-refractivity contribution < 1.29 is 8.83 Å². The standard InChI is InChI=1S/C10H13N.C10H11N.C10H10O.C10H10S.C9H10N2.C8H7NO.C8H7NS.7C2H6/c1-8-7-9-5-3-4-6-10(9)11(8)2;3*1-7-8(2)11-10-6-4-3-5-9(7)10;1-7-10-8-5-3-4-6-9(8)11(7)2;2*1-6-9-7-4-2-3-5-8(7)10-6;7*1-2/h3-6,8H,7H2,1-2H3;3-6,11H,1-2H3;3*3-6H,1-2H3;2*2-5H,1H3;7*1-2H3. The van der Waals surface area contributed by atoms with Gasteiger partial charge in [0.25, 0.3) is 0 Å². The zero-order valence-corrected chi connectivity index (χ0v) is 61.0. The van der Waals surface area contributed by atoms with Crippen molar-refractivity contribution in [1.29, 1.82) is 0 Å². The van der Waals surface area contributed by atoms with Crippen LogP contribution < -0.4 is 4.90 Å². The van der Waals surface area contributed by atoms with Crippen molar-refractivity contribution in [3.05, 3.63) is 225 Å². The summed E-state index contributed by atoms with van der Waals surface area (Å²) in [4.78, 5) is 20.0. The Hall–Kier alpha value is -7.79. The van der Waals surface area contributed by atoms with Gasteiger partial charge in [0.1, 0.15) is 22.7 Å². The zero-order chi connectivity index (χ0) is 67.2. The molecule has 8 nitrogen and oxygen atoms in total. The molecular weight excluding hydrogens is 1130 g/mol. The van der Waals surface area contributed by atoms with E-state index in [0.29, 0.717) is 6.04 Å². The molecule has 0 aliphatic carbocycles. The number of para-hydroxylation sites is 8. The number of nitrogens with zero attached hydrogens (tertiary/aromatic N) is 5. The number of thiazole rings is 1. The van der Waals surface area contributed by atoms with Gasteiger partial charge in [-0.15, -0.1) is 22.7 Å². The minimum absolute atomic E-state index is 0.674. The number of likely N-dealkylation sites (N-methyl/N-ethyl adjacent to an activating group) is 1. The average molecular weight is 1240 g/mol. The van der Waals surface area contributed by atoms with Gasteiger partial charge in [-0.3, -0.25) is 0 Å². The number of imidazole rings is 1. The van der Waals surface area contributed by atoms with Crippen molar-refractivity contribution in [1.82, 2.24) is 24.5 Å². The summed E-state index contributed by atoms with van der Waals surface area (Å²) in [7, 11) is 4.20. The summed E-state index contributed by atoms with van der Waals surface area (Å²) in [5, 5.41) is 5.12. The second kappa shape index (κ2) is 43.8. The number of benzene rings is 7. The Balaban J connectivity index is 0.000000502. The number of H-pyrrole nitrogens is 1. The Morgan fingerprint density at radius 3 is 1.49 bits per heavy atom. The van der Waals surface area contributed by atoms with Crippen LogP contribution in [-0.2, 0) is 13.5 Å². The van der Waals surface area contributed by atoms with Crippen LogP contribution in [0.5, 0.6) is 0 Å². The Kier molecular flexibility index (Phi) is 39.0. The van der Waals surface area contributed by atoms with Crippen LogP contribution in [-0.4, -0.2) is 37.6 Å². The van der Waals surface area contributed by atoms with Crippen LogP contribution in [0.25, 0.3) is 64.3 Å². The second-order valence-electron chi connectivity index (χ2n) is 18.9. The van der Waals surface area contributed by atoms with Crippen molar-refractivity contribution >= 4 is 92.7 Å². The van der Waals surface area contributed by atoms with Crippen molar-refractivity contribution in [2.75, 3.05) is 11.9 Å². The van der Waals surface area contributed by atoms with Gasteiger partial charge in [0, 0.05) is 64.3 Å². The Bertz CT molecular complexity index is 3510. The normalized spacial score (nSPS) is 10.9. The average Bonchev–Trinajstić information content (AvgIpc) is 4.28. The molecule has 0 radical (unpaired) electrons. The highest BCUT2D eigenvalue weighted by Crippen LogP contribution is 2.31. The minimum Gasteiger partial charge on any atom is -0.461 e. The van der Waals surface area contributed by atoms with Crippen molar-refractivity contribution in [3.63, 3.8) is 0 Å². The molecular formula is C79H110N6O2S2. The van der Waals surface area contributed by atoms with Crippen LogP contribution in [0.3, 0.4) is 0 Å². The van der Waals surface area contributed by atoms with E-state index in [1.807, 2.05) is 222 Å². The smallest absolute Gasteiger partial charge is 0.192 e. The van der Waals surface area contributed by atoms with Crippen molar-refractivity contribution in [2.45, 2.75) is 179 Å². The Labute approximate surface area is 545 Å². The molecule has 0 bridgehead atoms. The number of furan rings is 1. The number of thiophene rings is 1. The summed E-state index contributed by atoms with van der Waals surface area (Å²) in [5.74, 6) is 2.80. The summed E-state index contributed by atoms with van der Waals surface area (Å²) in [5.41, 5.74) is 15.6. The number of aromatic amines is 1. The number of aromatic nitrogens is 5. The molecule has 7 heterocycles. The van der Waals surface area contributed by atoms with E-state index in [1.165, 1.54) is 81.5 Å². The lowest BCUT2D eigenvalue weighted by Crippen LogP contribution is -2.23. The predicted molar refractivity (Wildman–Crippen MR) is 401 cm³/mol. The number of fused-ring (bicyclic) bond motifs is 7. The first kappa shape index (κ1) is 79.2. The summed E-state index contributed by atoms with van der Waals surface area (Å²) < 4.78 is 15.5. The molecule has 0 saturated carbocycles. The van der Waals surface area contributed by atoms with Gasteiger partial charge in [-0.05, 0) is 157 Å². The van der Waals surface area contributed by atoms with E-state index in [-0.39, 0.29) is 0 Å². The SMILES string of the molecule is CC.CC.CC.CC.CC.CC.CC.CC1Cc2ccccc2N1C.Cc1[nH]c2ccccc2c1C.Cc1nc2ccccc2n1C.Cc1nc2ccccc2o1.Cc1nc2ccccc2s1.Cc1oc2ccccc2c1C.Cc1sc2ccccc2c1C. The topological polar surface area (TPSA) is 88.9 Å². The van der Waals surface area contributed by atoms with Crippen molar-refractivity contribution in [2.24, 2.45) is 7.05 Å². The molecule has 1 aliphatic heterocycles. The van der Waals surface area contributed by atoms with Crippen molar-refractivity contribution in [3.8, 4) is 0 Å². The number of rotatable bonds is 0. The highest BCUT2D eigenvalue weighted by atomic mass is 32.1. The van der Waals surface area contributed by atoms with E-state index in [1.54, 1.807) is 11.3 Å². The number of aryl methyl sites for hydroxylation is 10. The third-order valence-corrected chi connectivity index (χ3v) is 15.9. The van der Waals surface area contributed by atoms with Gasteiger partial charge in [0.15, 0.2) is 11.5 Å². The molecule has 0 fully saturated rings. The molecule has 0 spiro atoms. The molecule has 0 saturated heterocycles. The number of oxazole rings is 1. The Morgan fingerprint density at radius 2 is 0.933 bits per heavy atom. The van der Waals surface area contributed by atoms with Crippen LogP contribution in [0.4, 0.5) is 5.69 Å². The molecule has 1 N–H and O–H groups in total. The first-order valence-electron chi connectivity index (χ1n) is 32.4. The maximum atomic E-state index is 5.50. The van der Waals surface area contributed by atoms with Gasteiger partial charge in [-0.25, -0.2) is 15.0 Å². The number of hydrogen-bond acceptors (Lipinski definition) is 8. The van der Waals surface area contributed by atoms with E-state index < -0.39 is 0 Å². The number of hydrogen-bond donors (Lipinski definition) is 1. The molecule has 1 aliphatic rings. The van der Waals surface area contributed by atoms with Gasteiger partial charge in [-0.1, -0.05) is 206 Å². The monoisotopic (exact) mass is 1240 g/mol. The van der Waals surface area contributed by atoms with E-state index in [9.17, 15) is 0 Å². The summed E-state index contributed by atoms with van der Waals surface area (Å²) in [6.07, 6.45) is 1.20. The van der Waals surface area contributed by atoms with Gasteiger partial charge in [0.05, 0.1) is 26.3 Å². The first-order chi connectivity index (χ1) is 43.2. The third kappa shape index (κ3) is 23.3. The predicted octanol–water partition coefficient (Wildman–Crippen LogP) is 25.2. The van der Waals surface area contributed by atoms with Crippen LogP contribution in [0.2, 0.25) is 0 Å². The summed E-state index contributed by atoms with van der Waals surface area (Å²) in [6.45, 7) is 48.9. The number of anilines is 1. The highest BCUT2D eigenvalue weighted by molar-refractivity contribution is 7.19. The fourth-order valence-corrected chi connectivity index (χ4v) is 10.9. The molecule has 1 unspecified atom stereocenters. The molecule has 6 aromatic heterocycles. The fraction of sp³-hybridized carbons (Fsp3) is 0.354. The first-order valence-corrected chi connectivity index (χ1v) is 34.1. The van der Waals surface area contributed by atoms with Crippen LogP contribution in [0, 0.1) is 62.3 Å². The summed E-state index contributed by atoms with van der Waals surface area (Å²) in [6, 6.07) is 58.4. The largest absolute Gasteiger partial charge is 0.461 e. The lowest BCUT2D eigenvalue weighted by atomic mass is 10.1. The fourth-order valence-electron chi connectivity index (χ4n) is 8.97. The molecule has 480 valence electrons. The van der Waals surface area contributed by atoms with Crippen LogP contribution in [0.15, 0.2) is 179 Å². The molecule has 13 aromatic rings.